The van der Waals surface area contributed by atoms with Gasteiger partial charge in [-0.15, -0.1) is 0 Å². The first-order valence-electron chi connectivity index (χ1n) is 6.73. The van der Waals surface area contributed by atoms with Crippen molar-refractivity contribution >= 4 is 5.97 Å². The summed E-state index contributed by atoms with van der Waals surface area (Å²) in [5.41, 5.74) is 0.287. The lowest BCUT2D eigenvalue weighted by molar-refractivity contribution is 0.0691. The third kappa shape index (κ3) is 3.81. The van der Waals surface area contributed by atoms with Gasteiger partial charge >= 0.3 is 5.97 Å². The number of aromatic carboxylic acids is 1. The molecular weight excluding hydrogens is 244 g/mol. The number of carbonyl (C=O) groups is 1. The van der Waals surface area contributed by atoms with E-state index in [9.17, 15) is 4.79 Å². The van der Waals surface area contributed by atoms with E-state index in [4.69, 9.17) is 9.52 Å². The van der Waals surface area contributed by atoms with Crippen LogP contribution in [0.2, 0.25) is 0 Å². The van der Waals surface area contributed by atoms with Gasteiger partial charge in [-0.05, 0) is 52.0 Å². The molecule has 0 aliphatic carbocycles. The molecule has 0 bridgehead atoms. The first-order valence-corrected chi connectivity index (χ1v) is 6.73. The van der Waals surface area contributed by atoms with Crippen molar-refractivity contribution in [1.82, 2.24) is 9.80 Å². The van der Waals surface area contributed by atoms with Crippen molar-refractivity contribution in [2.24, 2.45) is 5.92 Å². The Hall–Kier alpha value is -1.33. The summed E-state index contributed by atoms with van der Waals surface area (Å²) >= 11 is 0. The Morgan fingerprint density at radius 3 is 2.74 bits per heavy atom. The van der Waals surface area contributed by atoms with Crippen molar-refractivity contribution < 1.29 is 14.3 Å². The summed E-state index contributed by atoms with van der Waals surface area (Å²) in [6, 6.07) is 1.52. The summed E-state index contributed by atoms with van der Waals surface area (Å²) < 4.78 is 5.29. The van der Waals surface area contributed by atoms with E-state index in [-0.39, 0.29) is 5.56 Å². The zero-order chi connectivity index (χ0) is 13.8. The average Bonchev–Trinajstić information content (AvgIpc) is 2.79. The molecule has 1 aromatic rings. The lowest BCUT2D eigenvalue weighted by Gasteiger charge is -2.32. The molecule has 2 rings (SSSR count). The summed E-state index contributed by atoms with van der Waals surface area (Å²) in [5, 5.41) is 9.04. The maximum absolute atomic E-state index is 11.0. The SMILES string of the molecule is CN(C)CC1CCN(Cc2occc2C(=O)O)CC1. The molecule has 1 aromatic heterocycles. The van der Waals surface area contributed by atoms with Crippen LogP contribution in [-0.4, -0.2) is 54.6 Å². The van der Waals surface area contributed by atoms with Crippen LogP contribution in [0.15, 0.2) is 16.7 Å². The fraction of sp³-hybridized carbons (Fsp3) is 0.643. The second-order valence-corrected chi connectivity index (χ2v) is 5.54. The molecule has 0 radical (unpaired) electrons. The Bertz CT molecular complexity index is 420. The Kier molecular flexibility index (Phi) is 4.61. The van der Waals surface area contributed by atoms with Crippen LogP contribution in [0.25, 0.3) is 0 Å². The first-order chi connectivity index (χ1) is 9.06. The maximum Gasteiger partial charge on any atom is 0.339 e. The molecule has 1 aliphatic rings. The van der Waals surface area contributed by atoms with Gasteiger partial charge in [-0.1, -0.05) is 0 Å². The normalized spacial score (nSPS) is 18.1. The molecule has 106 valence electrons. The molecule has 19 heavy (non-hydrogen) atoms. The zero-order valence-electron chi connectivity index (χ0n) is 11.6. The van der Waals surface area contributed by atoms with Crippen molar-refractivity contribution in [3.8, 4) is 0 Å². The molecule has 0 unspecified atom stereocenters. The minimum atomic E-state index is -0.911. The molecule has 0 aromatic carbocycles. The predicted molar refractivity (Wildman–Crippen MR) is 72.2 cm³/mol. The highest BCUT2D eigenvalue weighted by atomic mass is 16.4. The summed E-state index contributed by atoms with van der Waals surface area (Å²) in [6.45, 7) is 3.76. The van der Waals surface area contributed by atoms with E-state index in [0.717, 1.165) is 25.6 Å². The summed E-state index contributed by atoms with van der Waals surface area (Å²) in [4.78, 5) is 15.5. The van der Waals surface area contributed by atoms with Crippen LogP contribution in [0, 0.1) is 5.92 Å². The Morgan fingerprint density at radius 1 is 1.47 bits per heavy atom. The van der Waals surface area contributed by atoms with Gasteiger partial charge in [0.15, 0.2) is 0 Å². The molecule has 0 saturated carbocycles. The highest BCUT2D eigenvalue weighted by Gasteiger charge is 2.22. The monoisotopic (exact) mass is 266 g/mol. The molecule has 1 saturated heterocycles. The van der Waals surface area contributed by atoms with E-state index in [1.165, 1.54) is 25.2 Å². The number of carboxylic acids is 1. The second-order valence-electron chi connectivity index (χ2n) is 5.54. The van der Waals surface area contributed by atoms with Gasteiger partial charge in [0.05, 0.1) is 12.8 Å². The third-order valence-electron chi connectivity index (χ3n) is 3.67. The molecule has 1 aliphatic heterocycles. The minimum absolute atomic E-state index is 0.287. The van der Waals surface area contributed by atoms with Crippen LogP contribution in [0.1, 0.15) is 29.0 Å². The second kappa shape index (κ2) is 6.21. The van der Waals surface area contributed by atoms with Crippen molar-refractivity contribution in [3.05, 3.63) is 23.7 Å². The molecule has 1 N–H and O–H groups in total. The van der Waals surface area contributed by atoms with Crippen LogP contribution >= 0.6 is 0 Å². The van der Waals surface area contributed by atoms with Gasteiger partial charge in [-0.3, -0.25) is 4.90 Å². The van der Waals surface area contributed by atoms with Crippen LogP contribution in [0.5, 0.6) is 0 Å². The molecule has 5 heteroatoms. The number of carboxylic acid groups (broad SMARTS) is 1. The van der Waals surface area contributed by atoms with Crippen LogP contribution in [0.3, 0.4) is 0 Å². The summed E-state index contributed by atoms with van der Waals surface area (Å²) in [7, 11) is 4.21. The molecule has 5 nitrogen and oxygen atoms in total. The average molecular weight is 266 g/mol. The molecular formula is C14H22N2O3. The van der Waals surface area contributed by atoms with Crippen LogP contribution in [-0.2, 0) is 6.54 Å². The van der Waals surface area contributed by atoms with Crippen molar-refractivity contribution in [1.29, 1.82) is 0 Å². The number of piperidine rings is 1. The first kappa shape index (κ1) is 14.1. The fourth-order valence-corrected chi connectivity index (χ4v) is 2.70. The quantitative estimate of drug-likeness (QED) is 0.880. The summed E-state index contributed by atoms with van der Waals surface area (Å²) in [5.74, 6) is 0.409. The highest BCUT2D eigenvalue weighted by molar-refractivity contribution is 5.88. The molecule has 0 atom stereocenters. The molecule has 2 heterocycles. The number of likely N-dealkylation sites (tertiary alicyclic amines) is 1. The van der Waals surface area contributed by atoms with Gasteiger partial charge < -0.3 is 14.4 Å². The number of nitrogens with zero attached hydrogens (tertiary/aromatic N) is 2. The van der Waals surface area contributed by atoms with Gasteiger partial charge in [0, 0.05) is 6.54 Å². The van der Waals surface area contributed by atoms with E-state index >= 15 is 0 Å². The Labute approximate surface area is 113 Å². The van der Waals surface area contributed by atoms with Gasteiger partial charge in [0.1, 0.15) is 11.3 Å². The van der Waals surface area contributed by atoms with Gasteiger partial charge in [0.25, 0.3) is 0 Å². The van der Waals surface area contributed by atoms with Gasteiger partial charge in [-0.25, -0.2) is 4.79 Å². The Morgan fingerprint density at radius 2 is 2.16 bits per heavy atom. The number of rotatable bonds is 5. The van der Waals surface area contributed by atoms with Gasteiger partial charge in [-0.2, -0.15) is 0 Å². The number of hydrogen-bond donors (Lipinski definition) is 1. The lowest BCUT2D eigenvalue weighted by Crippen LogP contribution is -2.36. The standard InChI is InChI=1S/C14H22N2O3/c1-15(2)9-11-3-6-16(7-4-11)10-13-12(14(17)18)5-8-19-13/h5,8,11H,3-4,6-7,9-10H2,1-2H3,(H,17,18). The molecule has 0 spiro atoms. The fourth-order valence-electron chi connectivity index (χ4n) is 2.70. The maximum atomic E-state index is 11.0. The van der Waals surface area contributed by atoms with E-state index < -0.39 is 5.97 Å². The topological polar surface area (TPSA) is 56.9 Å². The molecule has 1 fully saturated rings. The Balaban J connectivity index is 1.85. The largest absolute Gasteiger partial charge is 0.478 e. The third-order valence-corrected chi connectivity index (χ3v) is 3.67. The highest BCUT2D eigenvalue weighted by Crippen LogP contribution is 2.21. The van der Waals surface area contributed by atoms with E-state index in [0.29, 0.717) is 12.3 Å². The van der Waals surface area contributed by atoms with Crippen LogP contribution < -0.4 is 0 Å². The van der Waals surface area contributed by atoms with Crippen LogP contribution in [0.4, 0.5) is 0 Å². The van der Waals surface area contributed by atoms with Crippen molar-refractivity contribution in [2.45, 2.75) is 19.4 Å². The van der Waals surface area contributed by atoms with E-state index in [1.807, 2.05) is 0 Å². The number of hydrogen-bond acceptors (Lipinski definition) is 4. The summed E-state index contributed by atoms with van der Waals surface area (Å²) in [6.07, 6.45) is 3.79. The predicted octanol–water partition coefficient (Wildman–Crippen LogP) is 1.75. The lowest BCUT2D eigenvalue weighted by atomic mass is 9.96. The number of furan rings is 1. The zero-order valence-corrected chi connectivity index (χ0v) is 11.6. The smallest absolute Gasteiger partial charge is 0.339 e. The van der Waals surface area contributed by atoms with E-state index in [1.54, 1.807) is 0 Å². The van der Waals surface area contributed by atoms with Gasteiger partial charge in [0.2, 0.25) is 0 Å². The van der Waals surface area contributed by atoms with Crippen molar-refractivity contribution in [2.75, 3.05) is 33.7 Å². The van der Waals surface area contributed by atoms with E-state index in [2.05, 4.69) is 23.9 Å². The minimum Gasteiger partial charge on any atom is -0.478 e. The molecule has 0 amide bonds. The van der Waals surface area contributed by atoms with Crippen molar-refractivity contribution in [3.63, 3.8) is 0 Å².